The van der Waals surface area contributed by atoms with Crippen molar-refractivity contribution in [3.63, 3.8) is 0 Å². The number of hydrogen-bond donors (Lipinski definition) is 2. The molecule has 4 nitrogen and oxygen atoms in total. The summed E-state index contributed by atoms with van der Waals surface area (Å²) in [5.41, 5.74) is 0.906. The first kappa shape index (κ1) is 13.6. The van der Waals surface area contributed by atoms with E-state index in [1.165, 1.54) is 0 Å². The number of benzene rings is 2. The highest BCUT2D eigenvalue weighted by Gasteiger charge is 2.13. The molecule has 0 bridgehead atoms. The quantitative estimate of drug-likeness (QED) is 0.638. The SMILES string of the molecule is CC(C)OC(=O)c1ccc2cc(B(O)O)ccc2c1. The van der Waals surface area contributed by atoms with Crippen molar-refractivity contribution in [2.45, 2.75) is 20.0 Å². The molecule has 5 heteroatoms. The maximum atomic E-state index is 11.8. The molecule has 2 aromatic carbocycles. The van der Waals surface area contributed by atoms with Crippen molar-refractivity contribution >= 4 is 29.3 Å². The zero-order valence-corrected chi connectivity index (χ0v) is 10.8. The van der Waals surface area contributed by atoms with Crippen LogP contribution in [0.2, 0.25) is 0 Å². The molecule has 19 heavy (non-hydrogen) atoms. The van der Waals surface area contributed by atoms with Crippen molar-refractivity contribution < 1.29 is 19.6 Å². The minimum Gasteiger partial charge on any atom is -0.459 e. The van der Waals surface area contributed by atoms with Gasteiger partial charge in [0, 0.05) is 0 Å². The standard InChI is InChI=1S/C14H15BO4/c1-9(2)19-14(16)12-4-3-11-8-13(15(17)18)6-5-10(11)7-12/h3-9,17-18H,1-2H3. The number of rotatable bonds is 3. The first-order valence-corrected chi connectivity index (χ1v) is 6.08. The number of hydrogen-bond acceptors (Lipinski definition) is 4. The lowest BCUT2D eigenvalue weighted by molar-refractivity contribution is 0.0378. The third kappa shape index (κ3) is 3.13. The molecule has 0 unspecified atom stereocenters. The van der Waals surface area contributed by atoms with Gasteiger partial charge in [0.15, 0.2) is 0 Å². The molecule has 0 fully saturated rings. The Balaban J connectivity index is 2.36. The van der Waals surface area contributed by atoms with Crippen molar-refractivity contribution in [1.82, 2.24) is 0 Å². The second-order valence-corrected chi connectivity index (χ2v) is 4.65. The summed E-state index contributed by atoms with van der Waals surface area (Å²) in [4.78, 5) is 11.8. The van der Waals surface area contributed by atoms with Gasteiger partial charge in [0.25, 0.3) is 0 Å². The smallest absolute Gasteiger partial charge is 0.459 e. The molecule has 0 aromatic heterocycles. The zero-order chi connectivity index (χ0) is 14.0. The van der Waals surface area contributed by atoms with Gasteiger partial charge in [-0.1, -0.05) is 24.3 Å². The van der Waals surface area contributed by atoms with Gasteiger partial charge in [-0.15, -0.1) is 0 Å². The Morgan fingerprint density at radius 2 is 1.74 bits per heavy atom. The van der Waals surface area contributed by atoms with E-state index in [1.54, 1.807) is 50.2 Å². The normalized spacial score (nSPS) is 10.8. The summed E-state index contributed by atoms with van der Waals surface area (Å²) in [6.07, 6.45) is -0.157. The lowest BCUT2D eigenvalue weighted by Gasteiger charge is -2.09. The molecule has 0 heterocycles. The molecule has 0 amide bonds. The van der Waals surface area contributed by atoms with Gasteiger partial charge in [-0.3, -0.25) is 0 Å². The molecule has 0 atom stereocenters. The van der Waals surface area contributed by atoms with Gasteiger partial charge in [0.1, 0.15) is 0 Å². The molecule has 0 aliphatic rings. The molecule has 0 saturated carbocycles. The molecular weight excluding hydrogens is 243 g/mol. The van der Waals surface area contributed by atoms with Crippen LogP contribution in [0.1, 0.15) is 24.2 Å². The van der Waals surface area contributed by atoms with Crippen LogP contribution in [0.4, 0.5) is 0 Å². The van der Waals surface area contributed by atoms with E-state index < -0.39 is 7.12 Å². The molecule has 2 rings (SSSR count). The first-order chi connectivity index (χ1) is 8.97. The van der Waals surface area contributed by atoms with Crippen LogP contribution in [0.5, 0.6) is 0 Å². The third-order valence-electron chi connectivity index (χ3n) is 2.74. The molecule has 0 aliphatic heterocycles. The number of esters is 1. The average Bonchev–Trinajstić information content (AvgIpc) is 2.36. The van der Waals surface area contributed by atoms with Crippen LogP contribution < -0.4 is 5.46 Å². The molecule has 0 spiro atoms. The van der Waals surface area contributed by atoms with Gasteiger partial charge >= 0.3 is 13.1 Å². The van der Waals surface area contributed by atoms with Crippen molar-refractivity contribution in [1.29, 1.82) is 0 Å². The molecule has 2 N–H and O–H groups in total. The number of ether oxygens (including phenoxy) is 1. The summed E-state index contributed by atoms with van der Waals surface area (Å²) >= 11 is 0. The van der Waals surface area contributed by atoms with Gasteiger partial charge in [-0.2, -0.15) is 0 Å². The van der Waals surface area contributed by atoms with Crippen LogP contribution in [0.3, 0.4) is 0 Å². The number of carbonyl (C=O) groups excluding carboxylic acids is 1. The van der Waals surface area contributed by atoms with Crippen LogP contribution >= 0.6 is 0 Å². The summed E-state index contributed by atoms with van der Waals surface area (Å²) in [6.45, 7) is 3.60. The summed E-state index contributed by atoms with van der Waals surface area (Å²) in [5, 5.41) is 19.9. The molecule has 0 aliphatic carbocycles. The molecule has 98 valence electrons. The summed E-state index contributed by atoms with van der Waals surface area (Å²) in [5.74, 6) is -0.358. The Morgan fingerprint density at radius 3 is 2.37 bits per heavy atom. The molecular formula is C14H15BO4. The van der Waals surface area contributed by atoms with E-state index in [1.807, 2.05) is 0 Å². The van der Waals surface area contributed by atoms with Gasteiger partial charge in [0.2, 0.25) is 0 Å². The topological polar surface area (TPSA) is 66.8 Å². The van der Waals surface area contributed by atoms with Gasteiger partial charge in [0.05, 0.1) is 11.7 Å². The van der Waals surface area contributed by atoms with Crippen molar-refractivity contribution in [3.05, 3.63) is 42.0 Å². The average molecular weight is 258 g/mol. The van der Waals surface area contributed by atoms with E-state index in [2.05, 4.69) is 0 Å². The highest BCUT2D eigenvalue weighted by atomic mass is 16.5. The lowest BCUT2D eigenvalue weighted by Crippen LogP contribution is -2.29. The monoisotopic (exact) mass is 258 g/mol. The third-order valence-corrected chi connectivity index (χ3v) is 2.74. The Kier molecular flexibility index (Phi) is 3.88. The molecule has 0 saturated heterocycles. The van der Waals surface area contributed by atoms with E-state index in [9.17, 15) is 4.79 Å². The second-order valence-electron chi connectivity index (χ2n) is 4.65. The predicted octanol–water partition coefficient (Wildman–Crippen LogP) is 1.08. The highest BCUT2D eigenvalue weighted by Crippen LogP contribution is 2.16. The number of fused-ring (bicyclic) bond motifs is 1. The van der Waals surface area contributed by atoms with E-state index in [0.717, 1.165) is 10.8 Å². The van der Waals surface area contributed by atoms with Crippen LogP contribution in [-0.4, -0.2) is 29.2 Å². The van der Waals surface area contributed by atoms with Crippen LogP contribution in [0, 0.1) is 0 Å². The predicted molar refractivity (Wildman–Crippen MR) is 74.3 cm³/mol. The molecule has 2 aromatic rings. The maximum absolute atomic E-state index is 11.8. The van der Waals surface area contributed by atoms with E-state index in [0.29, 0.717) is 11.0 Å². The van der Waals surface area contributed by atoms with Crippen molar-refractivity contribution in [2.24, 2.45) is 0 Å². The highest BCUT2D eigenvalue weighted by molar-refractivity contribution is 6.58. The van der Waals surface area contributed by atoms with E-state index in [4.69, 9.17) is 14.8 Å². The first-order valence-electron chi connectivity index (χ1n) is 6.08. The zero-order valence-electron chi connectivity index (χ0n) is 10.8. The number of carbonyl (C=O) groups is 1. The Hall–Kier alpha value is -1.85. The lowest BCUT2D eigenvalue weighted by atomic mass is 9.79. The van der Waals surface area contributed by atoms with Gasteiger partial charge < -0.3 is 14.8 Å². The summed E-state index contributed by atoms with van der Waals surface area (Å²) in [7, 11) is -1.49. The Morgan fingerprint density at radius 1 is 1.11 bits per heavy atom. The van der Waals surface area contributed by atoms with Crippen molar-refractivity contribution in [3.8, 4) is 0 Å². The fourth-order valence-corrected chi connectivity index (χ4v) is 1.83. The Bertz CT molecular complexity index is 607. The minimum atomic E-state index is -1.49. The largest absolute Gasteiger partial charge is 0.488 e. The summed E-state index contributed by atoms with van der Waals surface area (Å²) in [6, 6.07) is 10.2. The maximum Gasteiger partial charge on any atom is 0.488 e. The molecule has 0 radical (unpaired) electrons. The van der Waals surface area contributed by atoms with Gasteiger partial charge in [-0.25, -0.2) is 4.79 Å². The van der Waals surface area contributed by atoms with E-state index in [-0.39, 0.29) is 12.1 Å². The fourth-order valence-electron chi connectivity index (χ4n) is 1.83. The van der Waals surface area contributed by atoms with Crippen LogP contribution in [0.15, 0.2) is 36.4 Å². The Labute approximate surface area is 111 Å². The van der Waals surface area contributed by atoms with Crippen molar-refractivity contribution in [2.75, 3.05) is 0 Å². The van der Waals surface area contributed by atoms with Crippen LogP contribution in [0.25, 0.3) is 10.8 Å². The fraction of sp³-hybridized carbons (Fsp3) is 0.214. The second kappa shape index (κ2) is 5.42. The van der Waals surface area contributed by atoms with E-state index >= 15 is 0 Å². The van der Waals surface area contributed by atoms with Crippen LogP contribution in [-0.2, 0) is 4.74 Å². The van der Waals surface area contributed by atoms with Gasteiger partial charge in [-0.05, 0) is 42.2 Å². The minimum absolute atomic E-state index is 0.157. The summed E-state index contributed by atoms with van der Waals surface area (Å²) < 4.78 is 5.13.